The fraction of sp³-hybridized carbons (Fsp3) is 0.429. The Morgan fingerprint density at radius 2 is 2.16 bits per heavy atom. The molecule has 0 saturated carbocycles. The average Bonchev–Trinajstić information content (AvgIpc) is 2.37. The number of aryl methyl sites for hydroxylation is 1. The molecule has 0 radical (unpaired) electrons. The summed E-state index contributed by atoms with van der Waals surface area (Å²) < 4.78 is 4.73. The van der Waals surface area contributed by atoms with Gasteiger partial charge in [0.25, 0.3) is 0 Å². The quantitative estimate of drug-likeness (QED) is 0.638. The zero-order chi connectivity index (χ0) is 14.4. The van der Waals surface area contributed by atoms with Crippen LogP contribution in [0.3, 0.4) is 0 Å². The molecule has 2 N–H and O–H groups in total. The predicted molar refractivity (Wildman–Crippen MR) is 81.6 cm³/mol. The van der Waals surface area contributed by atoms with Crippen LogP contribution < -0.4 is 10.6 Å². The predicted octanol–water partition coefficient (Wildman–Crippen LogP) is 2.02. The second-order valence-corrected chi connectivity index (χ2v) is 4.80. The molecule has 0 aliphatic carbocycles. The number of carbonyl (C=O) groups excluding carboxylic acids is 1. The van der Waals surface area contributed by atoms with Crippen molar-refractivity contribution in [3.05, 3.63) is 29.3 Å². The van der Waals surface area contributed by atoms with Crippen LogP contribution in [0.2, 0.25) is 0 Å². The van der Waals surface area contributed by atoms with Crippen LogP contribution in [-0.2, 0) is 9.53 Å². The van der Waals surface area contributed by atoms with E-state index >= 15 is 0 Å². The summed E-state index contributed by atoms with van der Waals surface area (Å²) in [6.07, 6.45) is 0.952. The number of hydrogen-bond acceptors (Lipinski definition) is 4. The Morgan fingerprint density at radius 1 is 1.47 bits per heavy atom. The van der Waals surface area contributed by atoms with Gasteiger partial charge in [-0.05, 0) is 37.1 Å². The van der Waals surface area contributed by atoms with Gasteiger partial charge in [-0.15, -0.1) is 0 Å². The van der Waals surface area contributed by atoms with E-state index in [1.807, 2.05) is 30.0 Å². The monoisotopic (exact) mass is 280 g/mol. The van der Waals surface area contributed by atoms with E-state index in [-0.39, 0.29) is 12.5 Å². The Morgan fingerprint density at radius 3 is 2.63 bits per heavy atom. The van der Waals surface area contributed by atoms with E-state index in [1.54, 1.807) is 0 Å². The molecule has 104 valence electrons. The van der Waals surface area contributed by atoms with Crippen LogP contribution in [0.4, 0.5) is 5.69 Å². The summed E-state index contributed by atoms with van der Waals surface area (Å²) in [7, 11) is 1.40. The lowest BCUT2D eigenvalue weighted by molar-refractivity contribution is -0.138. The minimum atomic E-state index is -0.244. The summed E-state index contributed by atoms with van der Waals surface area (Å²) in [5.41, 5.74) is 8.50. The molecular weight excluding hydrogens is 260 g/mol. The van der Waals surface area contributed by atoms with E-state index in [1.165, 1.54) is 7.11 Å². The molecule has 19 heavy (non-hydrogen) atoms. The number of rotatable bonds is 6. The van der Waals surface area contributed by atoms with Gasteiger partial charge in [-0.3, -0.25) is 4.79 Å². The summed E-state index contributed by atoms with van der Waals surface area (Å²) in [4.78, 5) is 13.8. The minimum absolute atomic E-state index is 0.244. The van der Waals surface area contributed by atoms with Crippen LogP contribution in [0, 0.1) is 6.92 Å². The summed E-state index contributed by atoms with van der Waals surface area (Å²) in [6, 6.07) is 5.77. The molecule has 5 heteroatoms. The third kappa shape index (κ3) is 4.21. The maximum absolute atomic E-state index is 11.5. The van der Waals surface area contributed by atoms with E-state index in [0.29, 0.717) is 4.99 Å². The number of carbonyl (C=O) groups is 1. The Balaban J connectivity index is 3.02. The Labute approximate surface area is 119 Å². The normalized spacial score (nSPS) is 10.1. The summed E-state index contributed by atoms with van der Waals surface area (Å²) in [6.45, 7) is 5.10. The van der Waals surface area contributed by atoms with Crippen molar-refractivity contribution in [2.24, 2.45) is 5.73 Å². The van der Waals surface area contributed by atoms with Crippen LogP contribution in [0.15, 0.2) is 18.2 Å². The molecule has 0 amide bonds. The summed E-state index contributed by atoms with van der Waals surface area (Å²) in [5.74, 6) is -0.244. The molecule has 0 aliphatic rings. The molecule has 0 fully saturated rings. The molecule has 0 aliphatic heterocycles. The van der Waals surface area contributed by atoms with Crippen molar-refractivity contribution in [3.8, 4) is 0 Å². The fourth-order valence-electron chi connectivity index (χ4n) is 1.94. The Bertz CT molecular complexity index is 475. The number of hydrogen-bond donors (Lipinski definition) is 1. The van der Waals surface area contributed by atoms with Crippen molar-refractivity contribution in [2.75, 3.05) is 25.1 Å². The fourth-order valence-corrected chi connectivity index (χ4v) is 2.07. The zero-order valence-corrected chi connectivity index (χ0v) is 12.4. The lowest BCUT2D eigenvalue weighted by Crippen LogP contribution is -2.31. The van der Waals surface area contributed by atoms with Crippen molar-refractivity contribution in [3.63, 3.8) is 0 Å². The van der Waals surface area contributed by atoms with E-state index in [4.69, 9.17) is 22.7 Å². The van der Waals surface area contributed by atoms with Gasteiger partial charge in [0, 0.05) is 17.8 Å². The molecule has 1 rings (SSSR count). The lowest BCUT2D eigenvalue weighted by atomic mass is 10.1. The highest BCUT2D eigenvalue weighted by Crippen LogP contribution is 2.21. The van der Waals surface area contributed by atoms with E-state index in [0.717, 1.165) is 29.8 Å². The van der Waals surface area contributed by atoms with Gasteiger partial charge in [-0.1, -0.05) is 19.1 Å². The maximum Gasteiger partial charge on any atom is 0.325 e. The number of nitrogens with zero attached hydrogens (tertiary/aromatic N) is 1. The molecule has 0 heterocycles. The summed E-state index contributed by atoms with van der Waals surface area (Å²) >= 11 is 4.96. The Kier molecular flexibility index (Phi) is 5.76. The van der Waals surface area contributed by atoms with Crippen LogP contribution in [0.25, 0.3) is 0 Å². The van der Waals surface area contributed by atoms with E-state index in [9.17, 15) is 4.79 Å². The molecule has 0 unspecified atom stereocenters. The third-order valence-corrected chi connectivity index (χ3v) is 3.10. The number of anilines is 1. The maximum atomic E-state index is 11.5. The highest BCUT2D eigenvalue weighted by molar-refractivity contribution is 7.80. The first-order valence-corrected chi connectivity index (χ1v) is 6.62. The van der Waals surface area contributed by atoms with Crippen molar-refractivity contribution in [2.45, 2.75) is 20.3 Å². The van der Waals surface area contributed by atoms with Gasteiger partial charge >= 0.3 is 5.97 Å². The number of ether oxygens (including phenoxy) is 1. The van der Waals surface area contributed by atoms with E-state index in [2.05, 4.69) is 6.92 Å². The van der Waals surface area contributed by atoms with Crippen LogP contribution in [0.5, 0.6) is 0 Å². The third-order valence-electron chi connectivity index (χ3n) is 2.86. The molecule has 0 bridgehead atoms. The van der Waals surface area contributed by atoms with Crippen LogP contribution >= 0.6 is 12.2 Å². The van der Waals surface area contributed by atoms with Gasteiger partial charge in [-0.2, -0.15) is 0 Å². The van der Waals surface area contributed by atoms with E-state index < -0.39 is 0 Å². The highest BCUT2D eigenvalue weighted by atomic mass is 32.1. The zero-order valence-electron chi connectivity index (χ0n) is 11.6. The van der Waals surface area contributed by atoms with Gasteiger partial charge in [0.2, 0.25) is 0 Å². The molecule has 0 atom stereocenters. The van der Waals surface area contributed by atoms with Gasteiger partial charge < -0.3 is 15.4 Å². The molecule has 1 aromatic carbocycles. The first kappa shape index (κ1) is 15.4. The number of benzene rings is 1. The molecule has 4 nitrogen and oxygen atoms in total. The first-order chi connectivity index (χ1) is 8.99. The number of nitrogens with two attached hydrogens (primary N) is 1. The topological polar surface area (TPSA) is 55.6 Å². The SMILES string of the molecule is CCCN(CC(=O)OC)c1ccc(C(N)=S)cc1C. The molecule has 1 aromatic rings. The molecule has 0 spiro atoms. The van der Waals surface area contributed by atoms with Crippen LogP contribution in [0.1, 0.15) is 24.5 Å². The summed E-state index contributed by atoms with van der Waals surface area (Å²) in [5, 5.41) is 0. The minimum Gasteiger partial charge on any atom is -0.468 e. The van der Waals surface area contributed by atoms with Gasteiger partial charge in [0.15, 0.2) is 0 Å². The molecular formula is C14H20N2O2S. The number of thiocarbonyl (C=S) groups is 1. The van der Waals surface area contributed by atoms with Gasteiger partial charge in [0.05, 0.1) is 7.11 Å². The number of methoxy groups -OCH3 is 1. The van der Waals surface area contributed by atoms with Crippen molar-refractivity contribution in [1.82, 2.24) is 0 Å². The average molecular weight is 280 g/mol. The Hall–Kier alpha value is -1.62. The van der Waals surface area contributed by atoms with Gasteiger partial charge in [0.1, 0.15) is 11.5 Å². The first-order valence-electron chi connectivity index (χ1n) is 6.21. The largest absolute Gasteiger partial charge is 0.468 e. The smallest absolute Gasteiger partial charge is 0.325 e. The van der Waals surface area contributed by atoms with Crippen molar-refractivity contribution >= 4 is 28.9 Å². The molecule has 0 aromatic heterocycles. The van der Waals surface area contributed by atoms with Crippen molar-refractivity contribution in [1.29, 1.82) is 0 Å². The second-order valence-electron chi connectivity index (χ2n) is 4.36. The second kappa shape index (κ2) is 7.09. The van der Waals surface area contributed by atoms with Crippen molar-refractivity contribution < 1.29 is 9.53 Å². The molecule has 0 saturated heterocycles. The number of esters is 1. The van der Waals surface area contributed by atoms with Crippen LogP contribution in [-0.4, -0.2) is 31.2 Å². The highest BCUT2D eigenvalue weighted by Gasteiger charge is 2.13. The standard InChI is InChI=1S/C14H20N2O2S/c1-4-7-16(9-13(17)18-3)12-6-5-11(14(15)19)8-10(12)2/h5-6,8H,4,7,9H2,1-3H3,(H2,15,19). The lowest BCUT2D eigenvalue weighted by Gasteiger charge is -2.25. The van der Waals surface area contributed by atoms with Gasteiger partial charge in [-0.25, -0.2) is 0 Å².